The van der Waals surface area contributed by atoms with Gasteiger partial charge < -0.3 is 10.1 Å². The Morgan fingerprint density at radius 1 is 1.03 bits per heavy atom. The average molecular weight is 459 g/mol. The normalized spacial score (nSPS) is 11.4. The Kier molecular flexibility index (Phi) is 7.33. The van der Waals surface area contributed by atoms with Crippen molar-refractivity contribution in [3.63, 3.8) is 0 Å². The maximum atomic E-state index is 13.1. The molecule has 31 heavy (non-hydrogen) atoms. The molecule has 0 aliphatic carbocycles. The van der Waals surface area contributed by atoms with Crippen LogP contribution in [0.5, 0.6) is 5.75 Å². The lowest BCUT2D eigenvalue weighted by Crippen LogP contribution is -2.27. The van der Waals surface area contributed by atoms with Crippen molar-refractivity contribution in [2.45, 2.75) is 18.4 Å². The summed E-state index contributed by atoms with van der Waals surface area (Å²) in [6.07, 6.45) is 0. The summed E-state index contributed by atoms with van der Waals surface area (Å²) in [5.74, 6) is -0.0132. The fourth-order valence-corrected chi connectivity index (χ4v) is 4.37. The number of hydrogen-bond acceptors (Lipinski definition) is 4. The lowest BCUT2D eigenvalue weighted by atomic mass is 10.2. The number of anilines is 1. The van der Waals surface area contributed by atoms with Gasteiger partial charge in [-0.2, -0.15) is 4.31 Å². The summed E-state index contributed by atoms with van der Waals surface area (Å²) < 4.78 is 32.9. The number of nitrogens with one attached hydrogen (secondary N) is 1. The van der Waals surface area contributed by atoms with Crippen LogP contribution in [0.25, 0.3) is 0 Å². The Bertz CT molecular complexity index is 1170. The number of hydrogen-bond donors (Lipinski definition) is 1. The molecule has 8 heteroatoms. The molecule has 3 aromatic rings. The number of para-hydroxylation sites is 2. The number of ether oxygens (including phenoxy) is 1. The number of nitrogens with zero attached hydrogens (tertiary/aromatic N) is 1. The zero-order valence-electron chi connectivity index (χ0n) is 17.2. The molecule has 0 aliphatic rings. The lowest BCUT2D eigenvalue weighted by molar-refractivity contribution is 0.102. The van der Waals surface area contributed by atoms with Gasteiger partial charge in [0.15, 0.2) is 0 Å². The Morgan fingerprint density at radius 3 is 2.42 bits per heavy atom. The van der Waals surface area contributed by atoms with Crippen LogP contribution < -0.4 is 10.1 Å². The SMILES string of the molecule is CCOc1ccccc1NC(=O)c1cc(S(=O)(=O)N(C)Cc2ccccc2)ccc1Cl. The molecule has 0 aromatic heterocycles. The van der Waals surface area contributed by atoms with Gasteiger partial charge in [0.05, 0.1) is 27.8 Å². The van der Waals surface area contributed by atoms with Crippen LogP contribution in [0.15, 0.2) is 77.7 Å². The first-order valence-corrected chi connectivity index (χ1v) is 11.5. The van der Waals surface area contributed by atoms with Crippen molar-refractivity contribution in [1.29, 1.82) is 0 Å². The van der Waals surface area contributed by atoms with Gasteiger partial charge in [-0.1, -0.05) is 54.1 Å². The molecule has 0 radical (unpaired) electrons. The Balaban J connectivity index is 1.86. The minimum atomic E-state index is -3.83. The largest absolute Gasteiger partial charge is 0.492 e. The number of amides is 1. The minimum Gasteiger partial charge on any atom is -0.492 e. The van der Waals surface area contributed by atoms with Gasteiger partial charge in [-0.3, -0.25) is 4.79 Å². The molecule has 0 bridgehead atoms. The maximum Gasteiger partial charge on any atom is 0.257 e. The van der Waals surface area contributed by atoms with Crippen LogP contribution >= 0.6 is 11.6 Å². The van der Waals surface area contributed by atoms with Gasteiger partial charge in [0.1, 0.15) is 5.75 Å². The van der Waals surface area contributed by atoms with Gasteiger partial charge in [0, 0.05) is 13.6 Å². The third kappa shape index (κ3) is 5.44. The predicted molar refractivity (Wildman–Crippen MR) is 122 cm³/mol. The van der Waals surface area contributed by atoms with E-state index in [1.807, 2.05) is 37.3 Å². The van der Waals surface area contributed by atoms with Crippen molar-refractivity contribution in [1.82, 2.24) is 4.31 Å². The molecule has 0 fully saturated rings. The van der Waals surface area contributed by atoms with Crippen molar-refractivity contribution in [2.24, 2.45) is 0 Å². The Hall–Kier alpha value is -2.87. The summed E-state index contributed by atoms with van der Waals surface area (Å²) in [5.41, 5.74) is 1.38. The first-order chi connectivity index (χ1) is 14.8. The third-order valence-corrected chi connectivity index (χ3v) is 6.70. The van der Waals surface area contributed by atoms with Crippen LogP contribution in [0.2, 0.25) is 5.02 Å². The van der Waals surface area contributed by atoms with Gasteiger partial charge in [0.2, 0.25) is 10.0 Å². The minimum absolute atomic E-state index is 0.0152. The molecule has 162 valence electrons. The molecule has 0 aliphatic heterocycles. The summed E-state index contributed by atoms with van der Waals surface area (Å²) in [7, 11) is -2.33. The molecular formula is C23H23ClN2O4S. The van der Waals surface area contributed by atoms with Crippen LogP contribution in [-0.4, -0.2) is 32.3 Å². The molecule has 1 amide bonds. The van der Waals surface area contributed by atoms with Crippen LogP contribution in [0.3, 0.4) is 0 Å². The molecule has 0 saturated carbocycles. The molecule has 3 rings (SSSR count). The van der Waals surface area contributed by atoms with Crippen LogP contribution in [0, 0.1) is 0 Å². The number of halogens is 1. The lowest BCUT2D eigenvalue weighted by Gasteiger charge is -2.18. The Labute approximate surface area is 187 Å². The number of sulfonamides is 1. The van der Waals surface area contributed by atoms with E-state index in [2.05, 4.69) is 5.32 Å². The van der Waals surface area contributed by atoms with Gasteiger partial charge in [0.25, 0.3) is 5.91 Å². The monoisotopic (exact) mass is 458 g/mol. The van der Waals surface area contributed by atoms with Crippen molar-refractivity contribution >= 4 is 33.2 Å². The van der Waals surface area contributed by atoms with Crippen molar-refractivity contribution < 1.29 is 17.9 Å². The molecule has 0 atom stereocenters. The first-order valence-electron chi connectivity index (χ1n) is 9.66. The van der Waals surface area contributed by atoms with Crippen molar-refractivity contribution in [2.75, 3.05) is 19.0 Å². The van der Waals surface area contributed by atoms with Crippen molar-refractivity contribution in [3.05, 3.63) is 88.9 Å². The van der Waals surface area contributed by atoms with Gasteiger partial charge in [-0.15, -0.1) is 0 Å². The Morgan fingerprint density at radius 2 is 1.71 bits per heavy atom. The zero-order valence-corrected chi connectivity index (χ0v) is 18.8. The van der Waals surface area contributed by atoms with Gasteiger partial charge in [-0.25, -0.2) is 8.42 Å². The quantitative estimate of drug-likeness (QED) is 0.525. The van der Waals surface area contributed by atoms with E-state index in [0.717, 1.165) is 5.56 Å². The molecule has 0 saturated heterocycles. The van der Waals surface area contributed by atoms with E-state index < -0.39 is 15.9 Å². The number of benzene rings is 3. The summed E-state index contributed by atoms with van der Waals surface area (Å²) in [6, 6.07) is 20.3. The highest BCUT2D eigenvalue weighted by Gasteiger charge is 2.24. The highest BCUT2D eigenvalue weighted by Crippen LogP contribution is 2.27. The second kappa shape index (κ2) is 9.96. The van der Waals surface area contributed by atoms with E-state index in [4.69, 9.17) is 16.3 Å². The first kappa shape index (κ1) is 22.8. The van der Waals surface area contributed by atoms with Crippen molar-refractivity contribution in [3.8, 4) is 5.75 Å². The van der Waals surface area contributed by atoms with E-state index >= 15 is 0 Å². The number of carbonyl (C=O) groups is 1. The standard InChI is InChI=1S/C23H23ClN2O4S/c1-3-30-22-12-8-7-11-21(22)25-23(27)19-15-18(13-14-20(19)24)31(28,29)26(2)16-17-9-5-4-6-10-17/h4-15H,3,16H2,1-2H3,(H,25,27). The fraction of sp³-hybridized carbons (Fsp3) is 0.174. The van der Waals surface area contributed by atoms with E-state index in [1.165, 1.54) is 29.6 Å². The second-order valence-corrected chi connectivity index (χ2v) is 9.22. The summed E-state index contributed by atoms with van der Waals surface area (Å²) in [6.45, 7) is 2.49. The molecule has 6 nitrogen and oxygen atoms in total. The molecule has 0 heterocycles. The molecule has 1 N–H and O–H groups in total. The molecular weight excluding hydrogens is 436 g/mol. The number of carbonyl (C=O) groups excluding carboxylic acids is 1. The smallest absolute Gasteiger partial charge is 0.257 e. The highest BCUT2D eigenvalue weighted by atomic mass is 35.5. The average Bonchev–Trinajstić information content (AvgIpc) is 2.76. The van der Waals surface area contributed by atoms with Crippen LogP contribution in [0.1, 0.15) is 22.8 Å². The second-order valence-electron chi connectivity index (χ2n) is 6.77. The van der Waals surface area contributed by atoms with E-state index in [9.17, 15) is 13.2 Å². The van der Waals surface area contributed by atoms with Crippen LogP contribution in [0.4, 0.5) is 5.69 Å². The number of rotatable bonds is 8. The third-order valence-electron chi connectivity index (χ3n) is 4.57. The molecule has 0 unspecified atom stereocenters. The fourth-order valence-electron chi connectivity index (χ4n) is 2.99. The topological polar surface area (TPSA) is 75.7 Å². The van der Waals surface area contributed by atoms with E-state index in [-0.39, 0.29) is 22.0 Å². The summed E-state index contributed by atoms with van der Waals surface area (Å²) >= 11 is 6.22. The maximum absolute atomic E-state index is 13.1. The molecule has 3 aromatic carbocycles. The summed E-state index contributed by atoms with van der Waals surface area (Å²) in [4.78, 5) is 12.9. The van der Waals surface area contributed by atoms with E-state index in [0.29, 0.717) is 18.0 Å². The van der Waals surface area contributed by atoms with Gasteiger partial charge in [-0.05, 0) is 42.8 Å². The van der Waals surface area contributed by atoms with E-state index in [1.54, 1.807) is 24.3 Å². The predicted octanol–water partition coefficient (Wildman–Crippen LogP) is 4.81. The van der Waals surface area contributed by atoms with Crippen LogP contribution in [-0.2, 0) is 16.6 Å². The molecule has 0 spiro atoms. The summed E-state index contributed by atoms with van der Waals surface area (Å²) in [5, 5.41) is 2.89. The zero-order chi connectivity index (χ0) is 22.4. The van der Waals surface area contributed by atoms with Gasteiger partial charge >= 0.3 is 0 Å². The highest BCUT2D eigenvalue weighted by molar-refractivity contribution is 7.89.